The third-order valence-electron chi connectivity index (χ3n) is 6.01. The predicted molar refractivity (Wildman–Crippen MR) is 142 cm³/mol. The molecule has 0 atom stereocenters. The number of ether oxygens (including phenoxy) is 1. The molecule has 4 aromatic rings. The van der Waals surface area contributed by atoms with Crippen LogP contribution >= 0.6 is 11.6 Å². The maximum absolute atomic E-state index is 13.3. The number of carboxylic acids is 1. The normalized spacial score (nSPS) is 11.2. The highest BCUT2D eigenvalue weighted by atomic mass is 35.5. The van der Waals surface area contributed by atoms with Gasteiger partial charge in [0.2, 0.25) is 0 Å². The van der Waals surface area contributed by atoms with Crippen molar-refractivity contribution in [2.45, 2.75) is 19.2 Å². The average Bonchev–Trinajstić information content (AvgIpc) is 2.92. The predicted octanol–water partition coefficient (Wildman–Crippen LogP) is 7.28. The molecule has 9 heteroatoms. The van der Waals surface area contributed by atoms with Gasteiger partial charge in [-0.15, -0.1) is 0 Å². The van der Waals surface area contributed by atoms with Gasteiger partial charge in [-0.05, 0) is 59.5 Å². The van der Waals surface area contributed by atoms with Crippen molar-refractivity contribution in [2.24, 2.45) is 0 Å². The number of alkyl halides is 3. The molecule has 0 aliphatic heterocycles. The summed E-state index contributed by atoms with van der Waals surface area (Å²) in [4.78, 5) is 23.9. The lowest BCUT2D eigenvalue weighted by Gasteiger charge is -2.15. The Balaban J connectivity index is 1.37. The van der Waals surface area contributed by atoms with Gasteiger partial charge in [0.1, 0.15) is 12.4 Å². The third-order valence-corrected chi connectivity index (χ3v) is 6.25. The molecule has 0 bridgehead atoms. The summed E-state index contributed by atoms with van der Waals surface area (Å²) in [5.74, 6) is -1.33. The van der Waals surface area contributed by atoms with Crippen molar-refractivity contribution in [1.82, 2.24) is 5.32 Å². The van der Waals surface area contributed by atoms with Crippen LogP contribution in [0.1, 0.15) is 37.4 Å². The number of carbonyl (C=O) groups excluding carboxylic acids is 1. The van der Waals surface area contributed by atoms with Crippen LogP contribution in [0.3, 0.4) is 0 Å². The van der Waals surface area contributed by atoms with Crippen LogP contribution in [0.2, 0.25) is 5.02 Å². The van der Waals surface area contributed by atoms with Crippen LogP contribution in [0.25, 0.3) is 11.1 Å². The fourth-order valence-electron chi connectivity index (χ4n) is 3.97. The van der Waals surface area contributed by atoms with Crippen molar-refractivity contribution in [1.29, 1.82) is 0 Å². The summed E-state index contributed by atoms with van der Waals surface area (Å²) in [6.07, 6.45) is -4.00. The van der Waals surface area contributed by atoms with Crippen molar-refractivity contribution in [3.05, 3.63) is 124 Å². The second-order valence-electron chi connectivity index (χ2n) is 8.67. The largest absolute Gasteiger partial charge is 0.488 e. The Bertz CT molecular complexity index is 1470. The molecular weight excluding hydrogens is 531 g/mol. The molecule has 0 heterocycles. The van der Waals surface area contributed by atoms with E-state index in [4.69, 9.17) is 21.4 Å². The Hall–Kier alpha value is -4.30. The molecule has 0 spiro atoms. The zero-order chi connectivity index (χ0) is 28.0. The molecule has 0 radical (unpaired) electrons. The topological polar surface area (TPSA) is 75.6 Å². The number of aromatic carboxylic acids is 1. The van der Waals surface area contributed by atoms with Crippen molar-refractivity contribution >= 4 is 23.5 Å². The summed E-state index contributed by atoms with van der Waals surface area (Å²) in [7, 11) is 0. The first kappa shape index (κ1) is 27.7. The fourth-order valence-corrected chi connectivity index (χ4v) is 4.14. The van der Waals surface area contributed by atoms with Gasteiger partial charge in [-0.25, -0.2) is 4.79 Å². The molecule has 0 unspecified atom stereocenters. The molecule has 0 aliphatic rings. The lowest BCUT2D eigenvalue weighted by molar-refractivity contribution is -0.138. The first-order valence-electron chi connectivity index (χ1n) is 11.9. The molecule has 0 aromatic heterocycles. The molecule has 200 valence electrons. The van der Waals surface area contributed by atoms with Crippen LogP contribution in [0.5, 0.6) is 5.75 Å². The Morgan fingerprint density at radius 2 is 1.51 bits per heavy atom. The molecule has 0 saturated heterocycles. The van der Waals surface area contributed by atoms with E-state index in [0.29, 0.717) is 13.0 Å². The summed E-state index contributed by atoms with van der Waals surface area (Å²) >= 11 is 6.07. The number of rotatable bonds is 9. The minimum Gasteiger partial charge on any atom is -0.488 e. The van der Waals surface area contributed by atoms with Crippen LogP contribution in [-0.4, -0.2) is 23.5 Å². The Morgan fingerprint density at radius 3 is 2.15 bits per heavy atom. The Labute approximate surface area is 227 Å². The van der Waals surface area contributed by atoms with Gasteiger partial charge in [0.15, 0.2) is 0 Å². The second-order valence-corrected chi connectivity index (χ2v) is 9.11. The number of hydrogen-bond donors (Lipinski definition) is 2. The monoisotopic (exact) mass is 553 g/mol. The minimum atomic E-state index is -4.52. The van der Waals surface area contributed by atoms with Crippen LogP contribution < -0.4 is 10.1 Å². The quantitative estimate of drug-likeness (QED) is 0.228. The summed E-state index contributed by atoms with van der Waals surface area (Å²) < 4.78 is 45.5. The molecule has 4 rings (SSSR count). The van der Waals surface area contributed by atoms with Crippen LogP contribution in [0.4, 0.5) is 13.2 Å². The van der Waals surface area contributed by atoms with E-state index in [1.165, 1.54) is 36.4 Å². The average molecular weight is 554 g/mol. The highest BCUT2D eigenvalue weighted by Crippen LogP contribution is 2.33. The molecule has 39 heavy (non-hydrogen) atoms. The van der Waals surface area contributed by atoms with Gasteiger partial charge in [-0.1, -0.05) is 66.2 Å². The zero-order valence-electron chi connectivity index (χ0n) is 20.5. The third kappa shape index (κ3) is 7.18. The standard InChI is InChI=1S/C30H23ClF3NO4/c31-24-13-14-27(39-18-23-3-1-2-4-26(23)30(32,33)34)25(17-24)28(36)35-16-15-19-5-7-20(8-6-19)21-9-11-22(12-10-21)29(37)38/h1-14,17H,15-16,18H2,(H,35,36)(H,37,38). The molecule has 1 amide bonds. The molecular formula is C30H23ClF3NO4. The number of hydrogen-bond acceptors (Lipinski definition) is 3. The molecule has 2 N–H and O–H groups in total. The van der Waals surface area contributed by atoms with Gasteiger partial charge in [-0.2, -0.15) is 13.2 Å². The second kappa shape index (κ2) is 12.0. The van der Waals surface area contributed by atoms with Gasteiger partial charge in [0.05, 0.1) is 16.7 Å². The summed E-state index contributed by atoms with van der Waals surface area (Å²) in [6, 6.07) is 23.7. The zero-order valence-corrected chi connectivity index (χ0v) is 21.2. The SMILES string of the molecule is O=C(O)c1ccc(-c2ccc(CCNC(=O)c3cc(Cl)ccc3OCc3ccccc3C(F)(F)F)cc2)cc1. The molecule has 0 saturated carbocycles. The Kier molecular flexibility index (Phi) is 8.56. The van der Waals surface area contributed by atoms with Gasteiger partial charge >= 0.3 is 12.1 Å². The fraction of sp³-hybridized carbons (Fsp3) is 0.133. The van der Waals surface area contributed by atoms with Crippen molar-refractivity contribution in [2.75, 3.05) is 6.54 Å². The van der Waals surface area contributed by atoms with Crippen LogP contribution in [0, 0.1) is 0 Å². The van der Waals surface area contributed by atoms with Crippen molar-refractivity contribution in [3.63, 3.8) is 0 Å². The van der Waals surface area contributed by atoms with E-state index >= 15 is 0 Å². The van der Waals surface area contributed by atoms with Crippen LogP contribution in [-0.2, 0) is 19.2 Å². The molecule has 4 aromatic carbocycles. The first-order chi connectivity index (χ1) is 18.6. The van der Waals surface area contributed by atoms with Crippen molar-refractivity contribution < 1.29 is 32.6 Å². The molecule has 0 fully saturated rings. The van der Waals surface area contributed by atoms with E-state index in [0.717, 1.165) is 22.8 Å². The molecule has 5 nitrogen and oxygen atoms in total. The smallest absolute Gasteiger partial charge is 0.416 e. The number of carboxylic acid groups (broad SMARTS) is 1. The number of nitrogens with one attached hydrogen (secondary N) is 1. The van der Waals surface area contributed by atoms with Crippen molar-refractivity contribution in [3.8, 4) is 16.9 Å². The summed E-state index contributed by atoms with van der Waals surface area (Å²) in [6.45, 7) is -0.0721. The van der Waals surface area contributed by atoms with E-state index in [1.807, 2.05) is 24.3 Å². The lowest BCUT2D eigenvalue weighted by atomic mass is 10.0. The first-order valence-corrected chi connectivity index (χ1v) is 12.3. The number of carbonyl (C=O) groups is 2. The molecule has 0 aliphatic carbocycles. The maximum Gasteiger partial charge on any atom is 0.416 e. The number of benzene rings is 4. The Morgan fingerprint density at radius 1 is 0.872 bits per heavy atom. The highest BCUT2D eigenvalue weighted by molar-refractivity contribution is 6.31. The lowest BCUT2D eigenvalue weighted by Crippen LogP contribution is -2.26. The van der Waals surface area contributed by atoms with Crippen LogP contribution in [0.15, 0.2) is 91.0 Å². The van der Waals surface area contributed by atoms with Gasteiger partial charge in [0, 0.05) is 17.1 Å². The number of halogens is 4. The summed E-state index contributed by atoms with van der Waals surface area (Å²) in [5, 5.41) is 12.1. The van der Waals surface area contributed by atoms with E-state index < -0.39 is 23.6 Å². The van der Waals surface area contributed by atoms with E-state index in [-0.39, 0.29) is 34.1 Å². The maximum atomic E-state index is 13.3. The van der Waals surface area contributed by atoms with Gasteiger partial charge in [0.25, 0.3) is 5.91 Å². The van der Waals surface area contributed by atoms with Gasteiger partial charge in [-0.3, -0.25) is 4.79 Å². The van der Waals surface area contributed by atoms with Gasteiger partial charge < -0.3 is 15.2 Å². The van der Waals surface area contributed by atoms with E-state index in [9.17, 15) is 22.8 Å². The van der Waals surface area contributed by atoms with E-state index in [2.05, 4.69) is 5.32 Å². The van der Waals surface area contributed by atoms with E-state index in [1.54, 1.807) is 24.3 Å². The number of amides is 1. The highest BCUT2D eigenvalue weighted by Gasteiger charge is 2.33. The summed E-state index contributed by atoms with van der Waals surface area (Å²) in [5.41, 5.74) is 2.25. The minimum absolute atomic E-state index is 0.0485.